The van der Waals surface area contributed by atoms with E-state index in [1.165, 1.54) is 12.1 Å². The van der Waals surface area contributed by atoms with Crippen LogP contribution in [0.15, 0.2) is 48.5 Å². The number of hydrogen-bond donors (Lipinski definition) is 2. The summed E-state index contributed by atoms with van der Waals surface area (Å²) in [7, 11) is 0. The number of benzene rings is 2. The highest BCUT2D eigenvalue weighted by Crippen LogP contribution is 2.34. The van der Waals surface area contributed by atoms with Crippen LogP contribution < -0.4 is 0 Å². The van der Waals surface area contributed by atoms with Crippen LogP contribution in [0.25, 0.3) is 10.9 Å². The van der Waals surface area contributed by atoms with Gasteiger partial charge in [-0.15, -0.1) is 0 Å². The average molecular weight is 325 g/mol. The van der Waals surface area contributed by atoms with E-state index in [1.807, 2.05) is 24.3 Å². The van der Waals surface area contributed by atoms with Crippen molar-refractivity contribution in [2.45, 2.75) is 18.6 Å². The van der Waals surface area contributed by atoms with E-state index in [-0.39, 0.29) is 24.3 Å². The lowest BCUT2D eigenvalue weighted by Gasteiger charge is -2.24. The number of amides is 1. The summed E-state index contributed by atoms with van der Waals surface area (Å²) in [6.07, 6.45) is -0.246. The molecule has 0 spiro atoms. The Morgan fingerprint density at radius 1 is 1.25 bits per heavy atom. The summed E-state index contributed by atoms with van der Waals surface area (Å²) < 4.78 is 13.5. The monoisotopic (exact) mass is 325 g/mol. The van der Waals surface area contributed by atoms with Crippen molar-refractivity contribution >= 4 is 16.8 Å². The quantitative estimate of drug-likeness (QED) is 0.761. The largest absolute Gasteiger partial charge is 0.391 e. The number of aromatic nitrogens is 2. The van der Waals surface area contributed by atoms with Gasteiger partial charge < -0.3 is 10.0 Å². The maximum absolute atomic E-state index is 13.5. The highest BCUT2D eigenvalue weighted by atomic mass is 19.1. The minimum Gasteiger partial charge on any atom is -0.391 e. The number of aromatic amines is 1. The molecule has 1 saturated heterocycles. The Labute approximate surface area is 137 Å². The van der Waals surface area contributed by atoms with Gasteiger partial charge in [0, 0.05) is 11.9 Å². The van der Waals surface area contributed by atoms with Gasteiger partial charge in [0.1, 0.15) is 5.82 Å². The molecule has 1 aliphatic rings. The zero-order valence-electron chi connectivity index (χ0n) is 12.8. The lowest BCUT2D eigenvalue weighted by atomic mass is 10.0. The molecule has 0 saturated carbocycles. The molecule has 3 aromatic rings. The first-order valence-corrected chi connectivity index (χ1v) is 7.81. The topological polar surface area (TPSA) is 69.2 Å². The third kappa shape index (κ3) is 2.45. The number of nitrogens with zero attached hydrogens (tertiary/aromatic N) is 2. The summed E-state index contributed by atoms with van der Waals surface area (Å²) in [4.78, 5) is 14.5. The molecule has 1 aromatic heterocycles. The van der Waals surface area contributed by atoms with Crippen molar-refractivity contribution in [3.63, 3.8) is 0 Å². The number of para-hydroxylation sites is 1. The number of halogens is 1. The number of β-amino-alcohol motifs (C(OH)–C–C–N with tert-alkyl or cyclic N) is 1. The predicted molar refractivity (Wildman–Crippen MR) is 86.9 cm³/mol. The van der Waals surface area contributed by atoms with E-state index >= 15 is 0 Å². The second kappa shape index (κ2) is 5.72. The first-order valence-electron chi connectivity index (χ1n) is 7.81. The Kier molecular flexibility index (Phi) is 3.54. The Morgan fingerprint density at radius 3 is 2.92 bits per heavy atom. The average Bonchev–Trinajstić information content (AvgIpc) is 3.18. The fourth-order valence-corrected chi connectivity index (χ4v) is 3.33. The molecule has 24 heavy (non-hydrogen) atoms. The van der Waals surface area contributed by atoms with Gasteiger partial charge >= 0.3 is 0 Å². The van der Waals surface area contributed by atoms with Gasteiger partial charge in [-0.1, -0.05) is 30.3 Å². The van der Waals surface area contributed by atoms with Crippen molar-refractivity contribution < 1.29 is 14.3 Å². The van der Waals surface area contributed by atoms with Crippen molar-refractivity contribution in [2.75, 3.05) is 6.54 Å². The van der Waals surface area contributed by atoms with Gasteiger partial charge in [-0.2, -0.15) is 5.10 Å². The SMILES string of the molecule is O=C(c1n[nH]c2ccccc12)N1C[C@H](O)C[C@@H]1c1cccc(F)c1. The van der Waals surface area contributed by atoms with Gasteiger partial charge in [0.05, 0.1) is 17.7 Å². The number of carbonyl (C=O) groups excluding carboxylic acids is 1. The van der Waals surface area contributed by atoms with Crippen LogP contribution in [-0.4, -0.2) is 38.8 Å². The van der Waals surface area contributed by atoms with Gasteiger partial charge in [-0.25, -0.2) is 4.39 Å². The second-order valence-electron chi connectivity index (χ2n) is 6.04. The van der Waals surface area contributed by atoms with Crippen molar-refractivity contribution in [3.8, 4) is 0 Å². The maximum atomic E-state index is 13.5. The summed E-state index contributed by atoms with van der Waals surface area (Å²) in [6.45, 7) is 0.210. The normalized spacial score (nSPS) is 20.7. The standard InChI is InChI=1S/C18H16FN3O2/c19-12-5-3-4-11(8-12)16-9-13(23)10-22(16)18(24)17-14-6-1-2-7-15(14)20-21-17/h1-8,13,16,23H,9-10H2,(H,20,21)/t13-,16-/m1/s1. The molecule has 5 nitrogen and oxygen atoms in total. The number of fused-ring (bicyclic) bond motifs is 1. The summed E-state index contributed by atoms with van der Waals surface area (Å²) >= 11 is 0. The number of carbonyl (C=O) groups is 1. The van der Waals surface area contributed by atoms with Crippen LogP contribution in [0.3, 0.4) is 0 Å². The summed E-state index contributed by atoms with van der Waals surface area (Å²) in [5, 5.41) is 17.8. The number of rotatable bonds is 2. The van der Waals surface area contributed by atoms with Crippen LogP contribution in [0.1, 0.15) is 28.5 Å². The smallest absolute Gasteiger partial charge is 0.275 e. The zero-order chi connectivity index (χ0) is 16.7. The molecule has 2 heterocycles. The Hall–Kier alpha value is -2.73. The fraction of sp³-hybridized carbons (Fsp3) is 0.222. The molecule has 2 N–H and O–H groups in total. The van der Waals surface area contributed by atoms with Gasteiger partial charge in [-0.3, -0.25) is 9.89 Å². The van der Waals surface area contributed by atoms with Crippen molar-refractivity contribution in [1.29, 1.82) is 0 Å². The van der Waals surface area contributed by atoms with E-state index in [0.717, 1.165) is 10.9 Å². The molecule has 2 atom stereocenters. The van der Waals surface area contributed by atoms with Crippen LogP contribution in [-0.2, 0) is 0 Å². The molecule has 122 valence electrons. The molecule has 0 aliphatic carbocycles. The number of hydrogen-bond acceptors (Lipinski definition) is 3. The van der Waals surface area contributed by atoms with Crippen LogP contribution >= 0.6 is 0 Å². The first-order chi connectivity index (χ1) is 11.6. The molecule has 2 aromatic carbocycles. The zero-order valence-corrected chi connectivity index (χ0v) is 12.8. The summed E-state index contributed by atoms with van der Waals surface area (Å²) in [6, 6.07) is 13.2. The Balaban J connectivity index is 1.72. The highest BCUT2D eigenvalue weighted by molar-refractivity contribution is 6.04. The number of likely N-dealkylation sites (tertiary alicyclic amines) is 1. The van der Waals surface area contributed by atoms with E-state index in [2.05, 4.69) is 10.2 Å². The Morgan fingerprint density at radius 2 is 2.08 bits per heavy atom. The fourth-order valence-electron chi connectivity index (χ4n) is 3.33. The van der Waals surface area contributed by atoms with E-state index in [4.69, 9.17) is 0 Å². The third-order valence-corrected chi connectivity index (χ3v) is 4.45. The van der Waals surface area contributed by atoms with Gasteiger partial charge in [0.2, 0.25) is 0 Å². The van der Waals surface area contributed by atoms with E-state index < -0.39 is 6.10 Å². The van der Waals surface area contributed by atoms with Crippen LogP contribution in [0, 0.1) is 5.82 Å². The summed E-state index contributed by atoms with van der Waals surface area (Å²) in [5.41, 5.74) is 1.78. The van der Waals surface area contributed by atoms with Crippen LogP contribution in [0.2, 0.25) is 0 Å². The lowest BCUT2D eigenvalue weighted by Crippen LogP contribution is -2.32. The minimum atomic E-state index is -0.632. The molecule has 1 fully saturated rings. The molecule has 6 heteroatoms. The van der Waals surface area contributed by atoms with Crippen LogP contribution in [0.4, 0.5) is 4.39 Å². The Bertz CT molecular complexity index is 908. The van der Waals surface area contributed by atoms with E-state index in [0.29, 0.717) is 17.7 Å². The van der Waals surface area contributed by atoms with E-state index in [1.54, 1.807) is 17.0 Å². The number of H-pyrrole nitrogens is 1. The van der Waals surface area contributed by atoms with Crippen molar-refractivity contribution in [2.24, 2.45) is 0 Å². The number of aliphatic hydroxyl groups is 1. The predicted octanol–water partition coefficient (Wildman–Crippen LogP) is 2.65. The number of nitrogens with one attached hydrogen (secondary N) is 1. The van der Waals surface area contributed by atoms with Gasteiger partial charge in [0.25, 0.3) is 5.91 Å². The maximum Gasteiger partial charge on any atom is 0.275 e. The molecular formula is C18H16FN3O2. The molecule has 1 aliphatic heterocycles. The van der Waals surface area contributed by atoms with Crippen molar-refractivity contribution in [1.82, 2.24) is 15.1 Å². The van der Waals surface area contributed by atoms with Crippen molar-refractivity contribution in [3.05, 3.63) is 65.6 Å². The molecule has 4 rings (SSSR count). The van der Waals surface area contributed by atoms with E-state index in [9.17, 15) is 14.3 Å². The molecular weight excluding hydrogens is 309 g/mol. The molecule has 1 amide bonds. The van der Waals surface area contributed by atoms with Gasteiger partial charge in [0.15, 0.2) is 5.69 Å². The van der Waals surface area contributed by atoms with Gasteiger partial charge in [-0.05, 0) is 30.2 Å². The minimum absolute atomic E-state index is 0.210. The molecule has 0 unspecified atom stereocenters. The second-order valence-corrected chi connectivity index (χ2v) is 6.04. The number of aliphatic hydroxyl groups excluding tert-OH is 1. The summed E-state index contributed by atoms with van der Waals surface area (Å²) in [5.74, 6) is -0.621. The first kappa shape index (κ1) is 14.8. The lowest BCUT2D eigenvalue weighted by molar-refractivity contribution is 0.0711. The third-order valence-electron chi connectivity index (χ3n) is 4.45. The van der Waals surface area contributed by atoms with Crippen LogP contribution in [0.5, 0.6) is 0 Å². The molecule has 0 radical (unpaired) electrons. The molecule has 0 bridgehead atoms. The highest BCUT2D eigenvalue weighted by Gasteiger charge is 2.37.